The van der Waals surface area contributed by atoms with Gasteiger partial charge in [-0.1, -0.05) is 24.4 Å². The normalized spacial score (nSPS) is 15.3. The predicted molar refractivity (Wildman–Crippen MR) is 64.1 cm³/mol. The average molecular weight is 226 g/mol. The molecule has 1 aromatic rings. The summed E-state index contributed by atoms with van der Waals surface area (Å²) in [5, 5.41) is 3.68. The van der Waals surface area contributed by atoms with E-state index in [1.54, 1.807) is 6.07 Å². The van der Waals surface area contributed by atoms with Crippen molar-refractivity contribution in [1.82, 2.24) is 4.98 Å². The summed E-state index contributed by atoms with van der Waals surface area (Å²) in [5.41, 5.74) is 6.31. The summed E-state index contributed by atoms with van der Waals surface area (Å²) in [7, 11) is 0. The van der Waals surface area contributed by atoms with Crippen LogP contribution in [0, 0.1) is 5.92 Å². The molecular formula is C11H16ClN3. The number of halogens is 1. The Morgan fingerprint density at radius 2 is 2.27 bits per heavy atom. The Balaban J connectivity index is 1.76. The SMILES string of the molecule is Nc1cc(Cl)nc(NCCCC2CC2)c1. The Bertz CT molecular complexity index is 316. The molecule has 0 unspecified atom stereocenters. The highest BCUT2D eigenvalue weighted by atomic mass is 35.5. The third kappa shape index (κ3) is 3.59. The smallest absolute Gasteiger partial charge is 0.133 e. The number of pyridine rings is 1. The van der Waals surface area contributed by atoms with E-state index in [-0.39, 0.29) is 0 Å². The summed E-state index contributed by atoms with van der Waals surface area (Å²) >= 11 is 5.79. The monoisotopic (exact) mass is 225 g/mol. The van der Waals surface area contributed by atoms with Crippen molar-refractivity contribution in [2.75, 3.05) is 17.6 Å². The second kappa shape index (κ2) is 4.71. The fourth-order valence-electron chi connectivity index (χ4n) is 1.62. The van der Waals surface area contributed by atoms with Gasteiger partial charge >= 0.3 is 0 Å². The largest absolute Gasteiger partial charge is 0.399 e. The molecule has 0 bridgehead atoms. The van der Waals surface area contributed by atoms with Crippen molar-refractivity contribution >= 4 is 23.1 Å². The highest BCUT2D eigenvalue weighted by molar-refractivity contribution is 6.29. The molecule has 0 aliphatic heterocycles. The van der Waals surface area contributed by atoms with E-state index in [4.69, 9.17) is 17.3 Å². The minimum absolute atomic E-state index is 0.444. The molecule has 1 saturated carbocycles. The van der Waals surface area contributed by atoms with Crippen molar-refractivity contribution in [1.29, 1.82) is 0 Å². The Kier molecular flexibility index (Phi) is 3.31. The van der Waals surface area contributed by atoms with E-state index < -0.39 is 0 Å². The summed E-state index contributed by atoms with van der Waals surface area (Å²) in [5.74, 6) is 1.76. The molecule has 15 heavy (non-hydrogen) atoms. The molecular weight excluding hydrogens is 210 g/mol. The minimum Gasteiger partial charge on any atom is -0.399 e. The molecule has 1 fully saturated rings. The third-order valence-electron chi connectivity index (χ3n) is 2.61. The number of anilines is 2. The zero-order valence-electron chi connectivity index (χ0n) is 8.67. The minimum atomic E-state index is 0.444. The van der Waals surface area contributed by atoms with E-state index in [1.807, 2.05) is 6.07 Å². The molecule has 0 radical (unpaired) electrons. The van der Waals surface area contributed by atoms with Gasteiger partial charge in [0.2, 0.25) is 0 Å². The summed E-state index contributed by atoms with van der Waals surface area (Å²) < 4.78 is 0. The van der Waals surface area contributed by atoms with E-state index in [9.17, 15) is 0 Å². The maximum Gasteiger partial charge on any atom is 0.133 e. The van der Waals surface area contributed by atoms with E-state index in [2.05, 4.69) is 10.3 Å². The van der Waals surface area contributed by atoms with Gasteiger partial charge in [-0.3, -0.25) is 0 Å². The number of aromatic nitrogens is 1. The highest BCUT2D eigenvalue weighted by Crippen LogP contribution is 2.33. The van der Waals surface area contributed by atoms with Crippen LogP contribution in [0.15, 0.2) is 12.1 Å². The molecule has 3 nitrogen and oxygen atoms in total. The van der Waals surface area contributed by atoms with E-state index in [0.717, 1.165) is 18.3 Å². The van der Waals surface area contributed by atoms with Crippen LogP contribution in [0.4, 0.5) is 11.5 Å². The quantitative estimate of drug-likeness (QED) is 0.599. The van der Waals surface area contributed by atoms with Crippen molar-refractivity contribution in [3.8, 4) is 0 Å². The number of hydrogen-bond acceptors (Lipinski definition) is 3. The molecule has 2 rings (SSSR count). The first-order valence-electron chi connectivity index (χ1n) is 5.41. The van der Waals surface area contributed by atoms with Crippen LogP contribution in [0.1, 0.15) is 25.7 Å². The Hall–Kier alpha value is -0.960. The van der Waals surface area contributed by atoms with Crippen LogP contribution >= 0.6 is 11.6 Å². The van der Waals surface area contributed by atoms with Crippen LogP contribution in [0.2, 0.25) is 5.15 Å². The zero-order chi connectivity index (χ0) is 10.7. The van der Waals surface area contributed by atoms with Crippen molar-refractivity contribution < 1.29 is 0 Å². The molecule has 0 amide bonds. The lowest BCUT2D eigenvalue weighted by atomic mass is 10.2. The molecule has 82 valence electrons. The molecule has 1 aromatic heterocycles. The van der Waals surface area contributed by atoms with E-state index in [0.29, 0.717) is 10.8 Å². The van der Waals surface area contributed by atoms with Crippen LogP contribution in [-0.4, -0.2) is 11.5 Å². The second-order valence-electron chi connectivity index (χ2n) is 4.12. The van der Waals surface area contributed by atoms with Crippen molar-refractivity contribution in [3.63, 3.8) is 0 Å². The summed E-state index contributed by atoms with van der Waals surface area (Å²) in [6.45, 7) is 0.948. The van der Waals surface area contributed by atoms with Crippen LogP contribution in [0.25, 0.3) is 0 Å². The van der Waals surface area contributed by atoms with Gasteiger partial charge in [-0.2, -0.15) is 0 Å². The van der Waals surface area contributed by atoms with Crippen LogP contribution in [0.5, 0.6) is 0 Å². The first-order chi connectivity index (χ1) is 7.24. The maximum absolute atomic E-state index is 5.79. The van der Waals surface area contributed by atoms with E-state index in [1.165, 1.54) is 25.7 Å². The van der Waals surface area contributed by atoms with Gasteiger partial charge in [0.15, 0.2) is 0 Å². The van der Waals surface area contributed by atoms with Gasteiger partial charge in [0.25, 0.3) is 0 Å². The first-order valence-corrected chi connectivity index (χ1v) is 5.79. The average Bonchev–Trinajstić information content (AvgIpc) is 2.94. The highest BCUT2D eigenvalue weighted by Gasteiger charge is 2.19. The first kappa shape index (κ1) is 10.6. The van der Waals surface area contributed by atoms with Crippen molar-refractivity contribution in [3.05, 3.63) is 17.3 Å². The molecule has 0 atom stereocenters. The van der Waals surface area contributed by atoms with Gasteiger partial charge in [0.1, 0.15) is 11.0 Å². The van der Waals surface area contributed by atoms with Crippen molar-refractivity contribution in [2.45, 2.75) is 25.7 Å². The fraction of sp³-hybridized carbons (Fsp3) is 0.545. The van der Waals surface area contributed by atoms with Gasteiger partial charge in [0, 0.05) is 18.3 Å². The number of nitrogens with one attached hydrogen (secondary N) is 1. The van der Waals surface area contributed by atoms with Crippen LogP contribution in [-0.2, 0) is 0 Å². The lowest BCUT2D eigenvalue weighted by Crippen LogP contribution is -2.04. The topological polar surface area (TPSA) is 50.9 Å². The maximum atomic E-state index is 5.79. The Labute approximate surface area is 95.0 Å². The second-order valence-corrected chi connectivity index (χ2v) is 4.51. The molecule has 3 N–H and O–H groups in total. The van der Waals surface area contributed by atoms with E-state index >= 15 is 0 Å². The van der Waals surface area contributed by atoms with Gasteiger partial charge in [0.05, 0.1) is 0 Å². The molecule has 1 heterocycles. The summed E-state index contributed by atoms with van der Waals surface area (Å²) in [6, 6.07) is 3.46. The molecule has 0 aromatic carbocycles. The van der Waals surface area contributed by atoms with Crippen molar-refractivity contribution in [2.24, 2.45) is 5.92 Å². The number of nitrogens with zero attached hydrogens (tertiary/aromatic N) is 1. The predicted octanol–water partition coefficient (Wildman–Crippen LogP) is 2.92. The zero-order valence-corrected chi connectivity index (χ0v) is 9.43. The van der Waals surface area contributed by atoms with Gasteiger partial charge in [-0.25, -0.2) is 4.98 Å². The van der Waals surface area contributed by atoms with Gasteiger partial charge in [-0.05, 0) is 24.8 Å². The number of hydrogen-bond donors (Lipinski definition) is 2. The van der Waals surface area contributed by atoms with Crippen LogP contribution < -0.4 is 11.1 Å². The number of nitrogen functional groups attached to an aromatic ring is 1. The molecule has 0 spiro atoms. The summed E-state index contributed by atoms with van der Waals surface area (Å²) in [4.78, 5) is 4.14. The number of nitrogens with two attached hydrogens (primary N) is 1. The Morgan fingerprint density at radius 3 is 2.93 bits per heavy atom. The standard InChI is InChI=1S/C11H16ClN3/c12-10-6-9(13)7-11(15-10)14-5-1-2-8-3-4-8/h6-8H,1-5H2,(H3,13,14,15). The Morgan fingerprint density at radius 1 is 1.47 bits per heavy atom. The third-order valence-corrected chi connectivity index (χ3v) is 2.80. The van der Waals surface area contributed by atoms with Crippen LogP contribution in [0.3, 0.4) is 0 Å². The van der Waals surface area contributed by atoms with Gasteiger partial charge in [-0.15, -0.1) is 0 Å². The van der Waals surface area contributed by atoms with Gasteiger partial charge < -0.3 is 11.1 Å². The fourth-order valence-corrected chi connectivity index (χ4v) is 1.84. The molecule has 1 aliphatic carbocycles. The lowest BCUT2D eigenvalue weighted by molar-refractivity contribution is 0.686. The molecule has 0 saturated heterocycles. The number of rotatable bonds is 5. The summed E-state index contributed by atoms with van der Waals surface area (Å²) in [6.07, 6.45) is 5.35. The molecule has 1 aliphatic rings. The lowest BCUT2D eigenvalue weighted by Gasteiger charge is -2.06. The molecule has 4 heteroatoms.